The number of benzene rings is 1. The van der Waals surface area contributed by atoms with Gasteiger partial charge in [-0.25, -0.2) is 4.98 Å². The first kappa shape index (κ1) is 14.5. The molecule has 0 bridgehead atoms. The Hall–Kier alpha value is -2.05. The van der Waals surface area contributed by atoms with E-state index in [1.165, 1.54) is 18.7 Å². The maximum absolute atomic E-state index is 10.3. The van der Waals surface area contributed by atoms with E-state index in [9.17, 15) is 5.11 Å². The van der Waals surface area contributed by atoms with Crippen LogP contribution in [-0.2, 0) is 13.0 Å². The van der Waals surface area contributed by atoms with Gasteiger partial charge in [0.2, 0.25) is 0 Å². The Morgan fingerprint density at radius 1 is 1.04 bits per heavy atom. The molecule has 0 amide bonds. The first-order valence-electron chi connectivity index (χ1n) is 8.64. The molecular formula is C20H22N2O. The summed E-state index contributed by atoms with van der Waals surface area (Å²) in [6.45, 7) is 1.09. The highest BCUT2D eigenvalue weighted by Gasteiger charge is 2.28. The number of nitrogens with zero attached hydrogens (tertiary/aromatic N) is 2. The van der Waals surface area contributed by atoms with Crippen LogP contribution < -0.4 is 0 Å². The van der Waals surface area contributed by atoms with Crippen LogP contribution in [0.5, 0.6) is 0 Å². The van der Waals surface area contributed by atoms with Gasteiger partial charge in [0.1, 0.15) is 11.4 Å². The fourth-order valence-corrected chi connectivity index (χ4v) is 3.55. The van der Waals surface area contributed by atoms with Gasteiger partial charge in [0.25, 0.3) is 0 Å². The summed E-state index contributed by atoms with van der Waals surface area (Å²) in [5.74, 6) is 7.40. The van der Waals surface area contributed by atoms with Crippen molar-refractivity contribution < 1.29 is 5.11 Å². The normalized spacial score (nSPS) is 19.0. The van der Waals surface area contributed by atoms with Crippen LogP contribution in [0.3, 0.4) is 0 Å². The lowest BCUT2D eigenvalue weighted by molar-refractivity contribution is 0.110. The topological polar surface area (TPSA) is 38.0 Å². The first-order chi connectivity index (χ1) is 11.2. The molecule has 1 aromatic carbocycles. The van der Waals surface area contributed by atoms with E-state index in [0.717, 1.165) is 55.5 Å². The van der Waals surface area contributed by atoms with Crippen LogP contribution in [0.25, 0.3) is 11.3 Å². The predicted octanol–water partition coefficient (Wildman–Crippen LogP) is 3.54. The van der Waals surface area contributed by atoms with Gasteiger partial charge in [-0.15, -0.1) is 0 Å². The number of fused-ring (bicyclic) bond motifs is 1. The van der Waals surface area contributed by atoms with E-state index in [0.29, 0.717) is 0 Å². The minimum absolute atomic E-state index is 0.762. The largest absolute Gasteiger partial charge is 0.378 e. The lowest BCUT2D eigenvalue weighted by Gasteiger charge is -2.12. The Kier molecular flexibility index (Phi) is 3.71. The molecule has 2 heterocycles. The van der Waals surface area contributed by atoms with Gasteiger partial charge in [0.05, 0.1) is 5.69 Å². The van der Waals surface area contributed by atoms with Crippen LogP contribution in [0.15, 0.2) is 30.5 Å². The third kappa shape index (κ3) is 3.04. The van der Waals surface area contributed by atoms with Gasteiger partial charge >= 0.3 is 0 Å². The lowest BCUT2D eigenvalue weighted by atomic mass is 10.0. The molecule has 1 saturated carbocycles. The highest BCUT2D eigenvalue weighted by atomic mass is 16.3. The average molecular weight is 306 g/mol. The first-order valence-corrected chi connectivity index (χ1v) is 8.64. The number of rotatable bonds is 1. The van der Waals surface area contributed by atoms with Crippen molar-refractivity contribution in [2.75, 3.05) is 0 Å². The molecule has 4 rings (SSSR count). The van der Waals surface area contributed by atoms with Crippen LogP contribution in [0.1, 0.15) is 49.9 Å². The molecule has 1 N–H and O–H groups in total. The molecule has 2 aliphatic rings. The number of aromatic nitrogens is 2. The Morgan fingerprint density at radius 3 is 2.57 bits per heavy atom. The van der Waals surface area contributed by atoms with Gasteiger partial charge in [-0.1, -0.05) is 24.0 Å². The van der Waals surface area contributed by atoms with Crippen LogP contribution in [0.4, 0.5) is 0 Å². The SMILES string of the molecule is OC1(C#Cc2ccc(-c3cn4c(n3)CCCC4)cc2)CCCC1. The predicted molar refractivity (Wildman–Crippen MR) is 90.9 cm³/mol. The summed E-state index contributed by atoms with van der Waals surface area (Å²) < 4.78 is 2.28. The molecule has 1 aromatic heterocycles. The Bertz CT molecular complexity index is 732. The Labute approximate surface area is 137 Å². The molecule has 0 saturated heterocycles. The quantitative estimate of drug-likeness (QED) is 0.818. The summed E-state index contributed by atoms with van der Waals surface area (Å²) in [6.07, 6.45) is 9.51. The van der Waals surface area contributed by atoms with E-state index in [1.54, 1.807) is 0 Å². The maximum atomic E-state index is 10.3. The molecule has 3 heteroatoms. The van der Waals surface area contributed by atoms with Crippen molar-refractivity contribution >= 4 is 0 Å². The van der Waals surface area contributed by atoms with Crippen molar-refractivity contribution in [1.29, 1.82) is 0 Å². The molecule has 23 heavy (non-hydrogen) atoms. The lowest BCUT2D eigenvalue weighted by Crippen LogP contribution is -2.20. The minimum Gasteiger partial charge on any atom is -0.378 e. The van der Waals surface area contributed by atoms with Gasteiger partial charge in [-0.3, -0.25) is 0 Å². The zero-order chi connectivity index (χ0) is 15.7. The molecule has 0 unspecified atom stereocenters. The molecule has 1 aliphatic heterocycles. The van der Waals surface area contributed by atoms with E-state index in [-0.39, 0.29) is 0 Å². The van der Waals surface area contributed by atoms with Crippen LogP contribution in [-0.4, -0.2) is 20.3 Å². The van der Waals surface area contributed by atoms with Crippen molar-refractivity contribution in [3.05, 3.63) is 41.9 Å². The summed E-state index contributed by atoms with van der Waals surface area (Å²) >= 11 is 0. The van der Waals surface area contributed by atoms with E-state index in [1.807, 2.05) is 12.1 Å². The van der Waals surface area contributed by atoms with E-state index in [2.05, 4.69) is 34.7 Å². The third-order valence-corrected chi connectivity index (χ3v) is 4.96. The number of aryl methyl sites for hydroxylation is 2. The van der Waals surface area contributed by atoms with Gasteiger partial charge in [-0.05, 0) is 50.7 Å². The second kappa shape index (κ2) is 5.86. The standard InChI is InChI=1S/C20H22N2O/c23-20(11-2-3-12-20)13-10-16-6-8-17(9-7-16)18-15-22-14-4-1-5-19(22)21-18/h6-9,15,23H,1-5,11-12,14H2. The minimum atomic E-state index is -0.762. The van der Waals surface area contributed by atoms with Crippen molar-refractivity contribution in [3.8, 4) is 23.1 Å². The summed E-state index contributed by atoms with van der Waals surface area (Å²) in [4.78, 5) is 4.76. The van der Waals surface area contributed by atoms with Crippen LogP contribution >= 0.6 is 0 Å². The molecule has 118 valence electrons. The Morgan fingerprint density at radius 2 is 1.83 bits per heavy atom. The van der Waals surface area contributed by atoms with Gasteiger partial charge in [0.15, 0.2) is 0 Å². The van der Waals surface area contributed by atoms with Crippen molar-refractivity contribution in [2.45, 2.75) is 57.1 Å². The zero-order valence-electron chi connectivity index (χ0n) is 13.4. The van der Waals surface area contributed by atoms with Gasteiger partial charge in [-0.2, -0.15) is 0 Å². The third-order valence-electron chi connectivity index (χ3n) is 4.96. The molecular weight excluding hydrogens is 284 g/mol. The second-order valence-electron chi connectivity index (χ2n) is 6.76. The molecule has 2 aromatic rings. The fraction of sp³-hybridized carbons (Fsp3) is 0.450. The average Bonchev–Trinajstić information content (AvgIpc) is 3.20. The smallest absolute Gasteiger partial charge is 0.125 e. The Balaban J connectivity index is 1.54. The highest BCUT2D eigenvalue weighted by molar-refractivity contribution is 5.60. The number of hydrogen-bond donors (Lipinski definition) is 1. The van der Waals surface area contributed by atoms with Crippen molar-refractivity contribution in [2.24, 2.45) is 0 Å². The van der Waals surface area contributed by atoms with Crippen LogP contribution in [0, 0.1) is 11.8 Å². The summed E-state index contributed by atoms with van der Waals surface area (Å²) in [5, 5.41) is 10.3. The summed E-state index contributed by atoms with van der Waals surface area (Å²) in [7, 11) is 0. The monoisotopic (exact) mass is 306 g/mol. The molecule has 1 fully saturated rings. The van der Waals surface area contributed by atoms with Crippen LogP contribution in [0.2, 0.25) is 0 Å². The summed E-state index contributed by atoms with van der Waals surface area (Å²) in [6, 6.07) is 8.21. The van der Waals surface area contributed by atoms with E-state index in [4.69, 9.17) is 4.98 Å². The van der Waals surface area contributed by atoms with Crippen molar-refractivity contribution in [3.63, 3.8) is 0 Å². The number of hydrogen-bond acceptors (Lipinski definition) is 2. The molecule has 1 aliphatic carbocycles. The van der Waals surface area contributed by atoms with Gasteiger partial charge < -0.3 is 9.67 Å². The van der Waals surface area contributed by atoms with E-state index < -0.39 is 5.60 Å². The van der Waals surface area contributed by atoms with Gasteiger partial charge in [0, 0.05) is 30.3 Å². The van der Waals surface area contributed by atoms with Crippen molar-refractivity contribution in [1.82, 2.24) is 9.55 Å². The number of imidazole rings is 1. The zero-order valence-corrected chi connectivity index (χ0v) is 13.4. The fourth-order valence-electron chi connectivity index (χ4n) is 3.55. The number of aliphatic hydroxyl groups is 1. The molecule has 3 nitrogen and oxygen atoms in total. The summed E-state index contributed by atoms with van der Waals surface area (Å²) in [5.41, 5.74) is 2.38. The highest BCUT2D eigenvalue weighted by Crippen LogP contribution is 2.28. The molecule has 0 atom stereocenters. The molecule has 0 spiro atoms. The second-order valence-corrected chi connectivity index (χ2v) is 6.76. The van der Waals surface area contributed by atoms with E-state index >= 15 is 0 Å². The molecule has 0 radical (unpaired) electrons. The maximum Gasteiger partial charge on any atom is 0.125 e.